The van der Waals surface area contributed by atoms with Crippen molar-refractivity contribution in [1.29, 1.82) is 0 Å². The lowest BCUT2D eigenvalue weighted by atomic mass is 9.70. The van der Waals surface area contributed by atoms with Crippen LogP contribution in [0.3, 0.4) is 0 Å². The normalized spacial score (nSPS) is 27.6. The number of hydrogen-bond acceptors (Lipinski definition) is 4. The summed E-state index contributed by atoms with van der Waals surface area (Å²) in [7, 11) is -0.453. The Balaban J connectivity index is 1.78. The average molecular weight is 365 g/mol. The molecule has 0 amide bonds. The van der Waals surface area contributed by atoms with Crippen LogP contribution in [0.1, 0.15) is 58.4 Å². The molecule has 0 spiro atoms. The van der Waals surface area contributed by atoms with E-state index in [1.54, 1.807) is 6.20 Å². The Bertz CT molecular complexity index is 877. The van der Waals surface area contributed by atoms with Gasteiger partial charge in [0.05, 0.1) is 16.9 Å². The predicted molar refractivity (Wildman–Crippen MR) is 107 cm³/mol. The molecule has 5 heteroatoms. The Hall–Kier alpha value is -1.69. The molecular weight excluding hydrogens is 337 g/mol. The van der Waals surface area contributed by atoms with E-state index in [2.05, 4.69) is 24.9 Å². The van der Waals surface area contributed by atoms with Crippen LogP contribution in [0, 0.1) is 5.41 Å². The van der Waals surface area contributed by atoms with Gasteiger partial charge in [-0.2, -0.15) is 0 Å². The molecule has 4 nitrogen and oxygen atoms in total. The first-order valence-electron chi connectivity index (χ1n) is 9.61. The largest absolute Gasteiger partial charge is 0.494 e. The van der Waals surface area contributed by atoms with Gasteiger partial charge in [-0.3, -0.25) is 4.98 Å². The molecule has 1 aromatic carbocycles. The standard InChI is InChI=1S/C22H28BNO3/c1-19(2)14-15-9-8-12-24-18(15)22(19,25)16-10-7-11-17(13-16)23-26-20(3,4)21(5,6)27-23/h7-13,25H,14H2,1-6H3. The minimum absolute atomic E-state index is 0.363. The van der Waals surface area contributed by atoms with E-state index in [-0.39, 0.29) is 5.41 Å². The van der Waals surface area contributed by atoms with Gasteiger partial charge in [0, 0.05) is 11.6 Å². The highest BCUT2D eigenvalue weighted by molar-refractivity contribution is 6.62. The third-order valence-corrected chi connectivity index (χ3v) is 6.68. The average Bonchev–Trinajstić information content (AvgIpc) is 2.94. The van der Waals surface area contributed by atoms with E-state index in [4.69, 9.17) is 9.31 Å². The zero-order chi connectivity index (χ0) is 19.7. The van der Waals surface area contributed by atoms with Gasteiger partial charge in [0.15, 0.2) is 0 Å². The Morgan fingerprint density at radius 1 is 0.963 bits per heavy atom. The molecule has 1 aliphatic heterocycles. The number of pyridine rings is 1. The van der Waals surface area contributed by atoms with Crippen molar-refractivity contribution >= 4 is 12.6 Å². The number of nitrogens with zero attached hydrogens (tertiary/aromatic N) is 1. The highest BCUT2D eigenvalue weighted by Crippen LogP contribution is 2.52. The van der Waals surface area contributed by atoms with Crippen LogP contribution in [0.5, 0.6) is 0 Å². The molecular formula is C22H28BNO3. The summed E-state index contributed by atoms with van der Waals surface area (Å²) in [6.07, 6.45) is 2.54. The fourth-order valence-electron chi connectivity index (χ4n) is 4.25. The molecule has 1 saturated heterocycles. The molecule has 2 aliphatic rings. The molecule has 1 fully saturated rings. The summed E-state index contributed by atoms with van der Waals surface area (Å²) in [5.41, 5.74) is 1.29. The van der Waals surface area contributed by atoms with Crippen LogP contribution in [-0.2, 0) is 21.3 Å². The quantitative estimate of drug-likeness (QED) is 0.831. The van der Waals surface area contributed by atoms with Crippen molar-refractivity contribution in [2.75, 3.05) is 0 Å². The van der Waals surface area contributed by atoms with E-state index < -0.39 is 23.9 Å². The summed E-state index contributed by atoms with van der Waals surface area (Å²) in [4.78, 5) is 4.55. The van der Waals surface area contributed by atoms with Gasteiger partial charge in [0.2, 0.25) is 0 Å². The second-order valence-electron chi connectivity index (χ2n) is 9.50. The molecule has 1 aliphatic carbocycles. The van der Waals surface area contributed by atoms with Crippen molar-refractivity contribution in [3.8, 4) is 0 Å². The molecule has 0 saturated carbocycles. The lowest BCUT2D eigenvalue weighted by molar-refractivity contribution is -0.0240. The highest BCUT2D eigenvalue weighted by atomic mass is 16.7. The van der Waals surface area contributed by atoms with Gasteiger partial charge in [-0.25, -0.2) is 0 Å². The van der Waals surface area contributed by atoms with E-state index in [1.165, 1.54) is 0 Å². The van der Waals surface area contributed by atoms with E-state index in [9.17, 15) is 5.11 Å². The molecule has 2 aromatic rings. The summed E-state index contributed by atoms with van der Waals surface area (Å²) in [6, 6.07) is 11.9. The van der Waals surface area contributed by atoms with Crippen molar-refractivity contribution < 1.29 is 14.4 Å². The van der Waals surface area contributed by atoms with Gasteiger partial charge in [-0.15, -0.1) is 0 Å². The molecule has 0 bridgehead atoms. The maximum Gasteiger partial charge on any atom is 0.494 e. The molecule has 2 heterocycles. The number of aromatic nitrogens is 1. The van der Waals surface area contributed by atoms with E-state index in [0.717, 1.165) is 28.7 Å². The van der Waals surface area contributed by atoms with Crippen molar-refractivity contribution in [2.45, 2.75) is 64.8 Å². The predicted octanol–water partition coefficient (Wildman–Crippen LogP) is 3.20. The Labute approximate surface area is 162 Å². The Kier molecular flexibility index (Phi) is 3.91. The first kappa shape index (κ1) is 18.7. The second-order valence-corrected chi connectivity index (χ2v) is 9.50. The van der Waals surface area contributed by atoms with Gasteiger partial charge in [0.25, 0.3) is 0 Å². The smallest absolute Gasteiger partial charge is 0.399 e. The van der Waals surface area contributed by atoms with E-state index in [1.807, 2.05) is 58.0 Å². The van der Waals surface area contributed by atoms with Crippen LogP contribution in [-0.4, -0.2) is 28.4 Å². The zero-order valence-corrected chi connectivity index (χ0v) is 17.0. The number of fused-ring (bicyclic) bond motifs is 1. The molecule has 0 radical (unpaired) electrons. The molecule has 27 heavy (non-hydrogen) atoms. The Morgan fingerprint density at radius 2 is 1.63 bits per heavy atom. The minimum Gasteiger partial charge on any atom is -0.399 e. The van der Waals surface area contributed by atoms with Crippen molar-refractivity contribution in [3.63, 3.8) is 0 Å². The molecule has 1 N–H and O–H groups in total. The maximum atomic E-state index is 11.9. The van der Waals surface area contributed by atoms with Crippen LogP contribution >= 0.6 is 0 Å². The molecule has 4 rings (SSSR count). The van der Waals surface area contributed by atoms with Crippen LogP contribution in [0.2, 0.25) is 0 Å². The molecule has 1 unspecified atom stereocenters. The third-order valence-electron chi connectivity index (χ3n) is 6.68. The topological polar surface area (TPSA) is 51.6 Å². The first-order valence-corrected chi connectivity index (χ1v) is 9.61. The first-order chi connectivity index (χ1) is 12.5. The summed E-state index contributed by atoms with van der Waals surface area (Å²) in [5, 5.41) is 11.9. The monoisotopic (exact) mass is 365 g/mol. The molecule has 142 valence electrons. The SMILES string of the molecule is CC1(C)Cc2cccnc2C1(O)c1cccc(B2OC(C)(C)C(C)(C)O2)c1. The fourth-order valence-corrected chi connectivity index (χ4v) is 4.25. The van der Waals surface area contributed by atoms with Gasteiger partial charge in [-0.1, -0.05) is 44.2 Å². The number of rotatable bonds is 2. The van der Waals surface area contributed by atoms with Gasteiger partial charge in [0.1, 0.15) is 5.60 Å². The minimum atomic E-state index is -1.15. The maximum absolute atomic E-state index is 11.9. The summed E-state index contributed by atoms with van der Waals surface area (Å²) < 4.78 is 12.4. The van der Waals surface area contributed by atoms with E-state index >= 15 is 0 Å². The van der Waals surface area contributed by atoms with Crippen LogP contribution < -0.4 is 5.46 Å². The van der Waals surface area contributed by atoms with Crippen molar-refractivity contribution in [3.05, 3.63) is 59.4 Å². The molecule has 1 aromatic heterocycles. The Morgan fingerprint density at radius 3 is 2.30 bits per heavy atom. The zero-order valence-electron chi connectivity index (χ0n) is 17.0. The number of hydrogen-bond donors (Lipinski definition) is 1. The van der Waals surface area contributed by atoms with Crippen molar-refractivity contribution in [2.24, 2.45) is 5.41 Å². The number of benzene rings is 1. The molecule has 1 atom stereocenters. The summed E-state index contributed by atoms with van der Waals surface area (Å²) in [6.45, 7) is 12.4. The van der Waals surface area contributed by atoms with Crippen LogP contribution in [0.25, 0.3) is 0 Å². The fraction of sp³-hybridized carbons (Fsp3) is 0.500. The van der Waals surface area contributed by atoms with Crippen LogP contribution in [0.15, 0.2) is 42.6 Å². The highest BCUT2D eigenvalue weighted by Gasteiger charge is 2.55. The van der Waals surface area contributed by atoms with Gasteiger partial charge < -0.3 is 14.4 Å². The van der Waals surface area contributed by atoms with Gasteiger partial charge >= 0.3 is 7.12 Å². The van der Waals surface area contributed by atoms with Crippen LogP contribution in [0.4, 0.5) is 0 Å². The van der Waals surface area contributed by atoms with E-state index in [0.29, 0.717) is 0 Å². The third kappa shape index (κ3) is 2.59. The second kappa shape index (κ2) is 5.66. The lowest BCUT2D eigenvalue weighted by Gasteiger charge is -2.37. The van der Waals surface area contributed by atoms with Crippen molar-refractivity contribution in [1.82, 2.24) is 4.98 Å². The summed E-state index contributed by atoms with van der Waals surface area (Å²) in [5.74, 6) is 0. The summed E-state index contributed by atoms with van der Waals surface area (Å²) >= 11 is 0. The number of aliphatic hydroxyl groups is 1. The van der Waals surface area contributed by atoms with Gasteiger partial charge in [-0.05, 0) is 56.8 Å². The lowest BCUT2D eigenvalue weighted by Crippen LogP contribution is -2.42.